The fourth-order valence-electron chi connectivity index (χ4n) is 4.42. The van der Waals surface area contributed by atoms with Gasteiger partial charge in [-0.15, -0.1) is 32.9 Å². The Morgan fingerprint density at radius 2 is 2.00 bits per heavy atom. The van der Waals surface area contributed by atoms with E-state index in [9.17, 15) is 9.59 Å². The van der Waals surface area contributed by atoms with Gasteiger partial charge in [0, 0.05) is 27.2 Å². The zero-order valence-corrected chi connectivity index (χ0v) is 23.3. The Balaban J connectivity index is 1.50. The van der Waals surface area contributed by atoms with Gasteiger partial charge in [-0.05, 0) is 70.9 Å². The van der Waals surface area contributed by atoms with Crippen LogP contribution in [0.1, 0.15) is 71.8 Å². The summed E-state index contributed by atoms with van der Waals surface area (Å²) in [6, 6.07) is 0. The van der Waals surface area contributed by atoms with Crippen LogP contribution in [0.4, 0.5) is 5.00 Å². The average Bonchev–Trinajstić information content (AvgIpc) is 3.50. The number of carbonyl (C=O) groups is 2. The molecule has 0 aliphatic heterocycles. The van der Waals surface area contributed by atoms with Crippen LogP contribution in [-0.2, 0) is 35.3 Å². The molecule has 0 atom stereocenters. The molecule has 0 bridgehead atoms. The molecule has 3 aromatic rings. The Hall–Kier alpha value is -2.17. The summed E-state index contributed by atoms with van der Waals surface area (Å²) in [5, 5.41) is 15.3. The van der Waals surface area contributed by atoms with Gasteiger partial charge in [0.25, 0.3) is 0 Å². The highest BCUT2D eigenvalue weighted by molar-refractivity contribution is 7.99. The molecule has 1 aliphatic rings. The molecule has 0 fully saturated rings. The first-order valence-electron chi connectivity index (χ1n) is 12.1. The van der Waals surface area contributed by atoms with Crippen LogP contribution in [0.2, 0.25) is 0 Å². The second-order valence-electron chi connectivity index (χ2n) is 8.79. The minimum Gasteiger partial charge on any atom is -0.459 e. The summed E-state index contributed by atoms with van der Waals surface area (Å²) in [5.74, 6) is 0.514. The monoisotopic (exact) mass is 532 g/mol. The first kappa shape index (κ1) is 25.9. The van der Waals surface area contributed by atoms with Gasteiger partial charge in [0.05, 0.1) is 17.4 Å². The number of aromatic nitrogens is 3. The zero-order valence-electron chi connectivity index (χ0n) is 20.9. The molecule has 1 N–H and O–H groups in total. The third-order valence-corrected chi connectivity index (χ3v) is 9.16. The predicted octanol–water partition coefficient (Wildman–Crippen LogP) is 6.13. The number of anilines is 1. The predicted molar refractivity (Wildman–Crippen MR) is 144 cm³/mol. The maximum absolute atomic E-state index is 12.9. The standard InChI is InChI=1S/C25H32N4O3S3/c1-6-16-15(5)33-12-18(16)22-27-28-25(29(22)7-2)34-13-20(30)26-23-21(24(31)32-14(3)4)17-10-8-9-11-19(17)35-23/h12,14H,6-11,13H2,1-5H3,(H,26,30). The number of nitrogens with one attached hydrogen (secondary N) is 1. The molecule has 3 heterocycles. The van der Waals surface area contributed by atoms with E-state index in [-0.39, 0.29) is 23.7 Å². The molecule has 0 saturated carbocycles. The molecule has 0 radical (unpaired) electrons. The quantitative estimate of drug-likeness (QED) is 0.263. The second kappa shape index (κ2) is 11.3. The summed E-state index contributed by atoms with van der Waals surface area (Å²) < 4.78 is 7.56. The van der Waals surface area contributed by atoms with E-state index in [1.165, 1.54) is 38.4 Å². The molecule has 1 aliphatic carbocycles. The first-order chi connectivity index (χ1) is 16.8. The third-order valence-electron chi connectivity index (χ3n) is 6.03. The third kappa shape index (κ3) is 5.49. The topological polar surface area (TPSA) is 86.1 Å². The lowest BCUT2D eigenvalue weighted by Crippen LogP contribution is -2.19. The molecule has 0 unspecified atom stereocenters. The van der Waals surface area contributed by atoms with Gasteiger partial charge in [-0.3, -0.25) is 4.79 Å². The van der Waals surface area contributed by atoms with Gasteiger partial charge < -0.3 is 14.6 Å². The number of ether oxygens (including phenoxy) is 1. The van der Waals surface area contributed by atoms with Crippen LogP contribution in [0.3, 0.4) is 0 Å². The summed E-state index contributed by atoms with van der Waals surface area (Å²) in [5.41, 5.74) is 4.01. The minimum atomic E-state index is -0.351. The lowest BCUT2D eigenvalue weighted by atomic mass is 9.95. The zero-order chi connectivity index (χ0) is 25.1. The number of hydrogen-bond donors (Lipinski definition) is 1. The summed E-state index contributed by atoms with van der Waals surface area (Å²) in [6.07, 6.45) is 4.68. The van der Waals surface area contributed by atoms with Crippen LogP contribution in [0.5, 0.6) is 0 Å². The van der Waals surface area contributed by atoms with Crippen LogP contribution in [0.25, 0.3) is 11.4 Å². The number of esters is 1. The lowest BCUT2D eigenvalue weighted by Gasteiger charge is -2.14. The van der Waals surface area contributed by atoms with E-state index in [0.717, 1.165) is 49.1 Å². The van der Waals surface area contributed by atoms with E-state index >= 15 is 0 Å². The maximum Gasteiger partial charge on any atom is 0.341 e. The number of carbonyl (C=O) groups excluding carboxylic acids is 2. The first-order valence-corrected chi connectivity index (χ1v) is 14.8. The van der Waals surface area contributed by atoms with Gasteiger partial charge in [0.2, 0.25) is 5.91 Å². The number of thioether (sulfide) groups is 1. The van der Waals surface area contributed by atoms with Crippen molar-refractivity contribution < 1.29 is 14.3 Å². The molecule has 35 heavy (non-hydrogen) atoms. The van der Waals surface area contributed by atoms with Gasteiger partial charge in [-0.25, -0.2) is 4.79 Å². The van der Waals surface area contributed by atoms with Crippen molar-refractivity contribution in [1.29, 1.82) is 0 Å². The number of hydrogen-bond acceptors (Lipinski definition) is 8. The summed E-state index contributed by atoms with van der Waals surface area (Å²) in [6.45, 7) is 10.7. The van der Waals surface area contributed by atoms with Crippen molar-refractivity contribution in [3.8, 4) is 11.4 Å². The molecular formula is C25H32N4O3S3. The van der Waals surface area contributed by atoms with Crippen LogP contribution in [0, 0.1) is 6.92 Å². The fraction of sp³-hybridized carbons (Fsp3) is 0.520. The van der Waals surface area contributed by atoms with Crippen molar-refractivity contribution in [2.75, 3.05) is 11.1 Å². The number of rotatable bonds is 9. The van der Waals surface area contributed by atoms with Crippen molar-refractivity contribution in [2.45, 2.75) is 84.5 Å². The van der Waals surface area contributed by atoms with E-state index in [1.807, 2.05) is 13.8 Å². The van der Waals surface area contributed by atoms with Gasteiger partial charge in [0.15, 0.2) is 11.0 Å². The van der Waals surface area contributed by atoms with Crippen molar-refractivity contribution in [3.05, 3.63) is 31.8 Å². The normalized spacial score (nSPS) is 13.2. The molecule has 7 nitrogen and oxygen atoms in total. The number of thiophene rings is 2. The van der Waals surface area contributed by atoms with Crippen LogP contribution in [-0.4, -0.2) is 38.5 Å². The number of fused-ring (bicyclic) bond motifs is 1. The lowest BCUT2D eigenvalue weighted by molar-refractivity contribution is -0.113. The maximum atomic E-state index is 12.9. The Bertz CT molecular complexity index is 1230. The highest BCUT2D eigenvalue weighted by atomic mass is 32.2. The molecule has 0 aromatic carbocycles. The number of aryl methyl sites for hydroxylation is 2. The van der Waals surface area contributed by atoms with Gasteiger partial charge in [0.1, 0.15) is 5.00 Å². The summed E-state index contributed by atoms with van der Waals surface area (Å²) in [4.78, 5) is 28.3. The number of nitrogens with zero attached hydrogens (tertiary/aromatic N) is 3. The summed E-state index contributed by atoms with van der Waals surface area (Å²) >= 11 is 4.60. The Morgan fingerprint density at radius 1 is 1.23 bits per heavy atom. The fourth-order valence-corrected chi connectivity index (χ4v) is 7.46. The largest absolute Gasteiger partial charge is 0.459 e. The van der Waals surface area contributed by atoms with Gasteiger partial charge in [-0.2, -0.15) is 0 Å². The molecule has 1 amide bonds. The van der Waals surface area contributed by atoms with Gasteiger partial charge in [-0.1, -0.05) is 18.7 Å². The van der Waals surface area contributed by atoms with Crippen LogP contribution in [0.15, 0.2) is 10.5 Å². The SMILES string of the molecule is CCc1c(-c2nnc(SCC(=O)Nc3sc4c(c3C(=O)OC(C)C)CCCC4)n2CC)csc1C. The number of amides is 1. The average molecular weight is 533 g/mol. The molecule has 0 spiro atoms. The van der Waals surface area contributed by atoms with E-state index in [0.29, 0.717) is 22.3 Å². The van der Waals surface area contributed by atoms with Crippen molar-refractivity contribution in [2.24, 2.45) is 0 Å². The Labute approximate surface area is 218 Å². The van der Waals surface area contributed by atoms with E-state index in [1.54, 1.807) is 11.3 Å². The second-order valence-corrected chi connectivity index (χ2v) is 11.9. The molecule has 0 saturated heterocycles. The van der Waals surface area contributed by atoms with Crippen molar-refractivity contribution >= 4 is 51.3 Å². The van der Waals surface area contributed by atoms with E-state index in [2.05, 4.69) is 46.2 Å². The minimum absolute atomic E-state index is 0.167. The van der Waals surface area contributed by atoms with E-state index in [4.69, 9.17) is 4.74 Å². The van der Waals surface area contributed by atoms with Crippen molar-refractivity contribution in [3.63, 3.8) is 0 Å². The highest BCUT2D eigenvalue weighted by Crippen LogP contribution is 2.39. The molecular weight excluding hydrogens is 501 g/mol. The molecule has 4 rings (SSSR count). The molecule has 3 aromatic heterocycles. The van der Waals surface area contributed by atoms with Crippen molar-refractivity contribution in [1.82, 2.24) is 14.8 Å². The van der Waals surface area contributed by atoms with Crippen LogP contribution < -0.4 is 5.32 Å². The highest BCUT2D eigenvalue weighted by Gasteiger charge is 2.28. The summed E-state index contributed by atoms with van der Waals surface area (Å²) in [7, 11) is 0. The van der Waals surface area contributed by atoms with Crippen LogP contribution >= 0.6 is 34.4 Å². The van der Waals surface area contributed by atoms with E-state index < -0.39 is 0 Å². The Morgan fingerprint density at radius 3 is 2.71 bits per heavy atom. The Kier molecular flexibility index (Phi) is 8.34. The smallest absolute Gasteiger partial charge is 0.341 e. The van der Waals surface area contributed by atoms with Gasteiger partial charge >= 0.3 is 5.97 Å². The molecule has 188 valence electrons. The molecule has 10 heteroatoms.